The van der Waals surface area contributed by atoms with Crippen LogP contribution < -0.4 is 5.32 Å². The van der Waals surface area contributed by atoms with Gasteiger partial charge in [0.1, 0.15) is 18.0 Å². The molecule has 1 saturated carbocycles. The molecule has 0 unspecified atom stereocenters. The van der Waals surface area contributed by atoms with Crippen LogP contribution in [0, 0.1) is 18.6 Å². The molecule has 2 heterocycles. The van der Waals surface area contributed by atoms with Crippen molar-refractivity contribution in [2.75, 3.05) is 18.4 Å². The van der Waals surface area contributed by atoms with Gasteiger partial charge in [-0.25, -0.2) is 13.5 Å². The molecule has 158 valence electrons. The Kier molecular flexibility index (Phi) is 4.98. The molecule has 1 saturated heterocycles. The van der Waals surface area contributed by atoms with E-state index in [1.807, 2.05) is 0 Å². The smallest absolute Gasteiger partial charge is 0.246 e. The first kappa shape index (κ1) is 19.2. The quantitative estimate of drug-likeness (QED) is 0.628. The van der Waals surface area contributed by atoms with Gasteiger partial charge >= 0.3 is 0 Å². The van der Waals surface area contributed by atoms with Crippen LogP contribution in [0.15, 0.2) is 42.7 Å². The molecule has 2 fully saturated rings. The SMILES string of the molecule is Cc1cc(Nc2ncn(-c3cc(F)cc(F)c3)n2)cc(C2CCN(C3CC3)CC2)c1.[HH]. The van der Waals surface area contributed by atoms with Gasteiger partial charge in [0.25, 0.3) is 0 Å². The van der Waals surface area contributed by atoms with E-state index in [0.717, 1.165) is 17.8 Å². The Morgan fingerprint density at radius 1 is 0.967 bits per heavy atom. The minimum absolute atomic E-state index is 0. The van der Waals surface area contributed by atoms with E-state index in [4.69, 9.17) is 0 Å². The van der Waals surface area contributed by atoms with E-state index in [1.54, 1.807) is 0 Å². The first-order valence-electron chi connectivity index (χ1n) is 10.5. The van der Waals surface area contributed by atoms with Crippen molar-refractivity contribution in [2.24, 2.45) is 0 Å². The van der Waals surface area contributed by atoms with E-state index in [-0.39, 0.29) is 1.43 Å². The van der Waals surface area contributed by atoms with Crippen LogP contribution >= 0.6 is 0 Å². The van der Waals surface area contributed by atoms with E-state index < -0.39 is 11.6 Å². The molecule has 0 amide bonds. The largest absolute Gasteiger partial charge is 0.323 e. The van der Waals surface area contributed by atoms with Gasteiger partial charge in [0.15, 0.2) is 0 Å². The van der Waals surface area contributed by atoms with Crippen LogP contribution in [0.25, 0.3) is 5.69 Å². The third-order valence-corrected chi connectivity index (χ3v) is 6.02. The zero-order valence-corrected chi connectivity index (χ0v) is 17.0. The number of hydrogen-bond donors (Lipinski definition) is 1. The van der Waals surface area contributed by atoms with Crippen molar-refractivity contribution in [3.05, 3.63) is 65.5 Å². The summed E-state index contributed by atoms with van der Waals surface area (Å²) < 4.78 is 28.3. The summed E-state index contributed by atoms with van der Waals surface area (Å²) in [7, 11) is 0. The molecule has 1 aromatic heterocycles. The van der Waals surface area contributed by atoms with Gasteiger partial charge in [-0.2, -0.15) is 4.98 Å². The van der Waals surface area contributed by atoms with E-state index in [9.17, 15) is 8.78 Å². The average molecular weight is 412 g/mol. The Hall–Kier alpha value is -2.80. The third-order valence-electron chi connectivity index (χ3n) is 6.02. The van der Waals surface area contributed by atoms with Crippen LogP contribution in [0.2, 0.25) is 0 Å². The third kappa shape index (κ3) is 4.21. The molecule has 7 heteroatoms. The maximum Gasteiger partial charge on any atom is 0.246 e. The highest BCUT2D eigenvalue weighted by atomic mass is 19.1. The Labute approximate surface area is 176 Å². The van der Waals surface area contributed by atoms with Crippen molar-refractivity contribution in [1.82, 2.24) is 19.7 Å². The number of hydrogen-bond acceptors (Lipinski definition) is 4. The first-order valence-corrected chi connectivity index (χ1v) is 10.5. The summed E-state index contributed by atoms with van der Waals surface area (Å²) in [5.41, 5.74) is 3.75. The second kappa shape index (κ2) is 7.80. The molecule has 1 aliphatic carbocycles. The van der Waals surface area contributed by atoms with Crippen molar-refractivity contribution in [3.63, 3.8) is 0 Å². The van der Waals surface area contributed by atoms with Gasteiger partial charge in [0.05, 0.1) is 5.69 Å². The van der Waals surface area contributed by atoms with Gasteiger partial charge in [0.2, 0.25) is 5.95 Å². The predicted octanol–water partition coefficient (Wildman–Crippen LogP) is 5.19. The van der Waals surface area contributed by atoms with Crippen LogP contribution in [0.4, 0.5) is 20.4 Å². The van der Waals surface area contributed by atoms with Crippen molar-refractivity contribution >= 4 is 11.6 Å². The molecule has 1 N–H and O–H groups in total. The van der Waals surface area contributed by atoms with Crippen LogP contribution in [0.3, 0.4) is 0 Å². The number of piperidine rings is 1. The Bertz CT molecular complexity index is 1040. The van der Waals surface area contributed by atoms with Crippen molar-refractivity contribution in [2.45, 2.75) is 44.6 Å². The normalized spacial score (nSPS) is 18.0. The zero-order valence-electron chi connectivity index (χ0n) is 17.0. The highest BCUT2D eigenvalue weighted by Gasteiger charge is 2.32. The van der Waals surface area contributed by atoms with Crippen molar-refractivity contribution < 1.29 is 10.2 Å². The first-order chi connectivity index (χ1) is 14.5. The number of nitrogens with zero attached hydrogens (tertiary/aromatic N) is 4. The average Bonchev–Trinajstić information content (AvgIpc) is 3.46. The number of aryl methyl sites for hydroxylation is 1. The predicted molar refractivity (Wildman–Crippen MR) is 114 cm³/mol. The van der Waals surface area contributed by atoms with Crippen molar-refractivity contribution in [1.29, 1.82) is 0 Å². The molecular weight excluding hydrogens is 384 g/mol. The Morgan fingerprint density at radius 3 is 2.40 bits per heavy atom. The van der Waals surface area contributed by atoms with E-state index in [1.165, 1.54) is 73.0 Å². The lowest BCUT2D eigenvalue weighted by Crippen LogP contribution is -2.34. The maximum atomic E-state index is 13.5. The zero-order chi connectivity index (χ0) is 20.7. The summed E-state index contributed by atoms with van der Waals surface area (Å²) in [6.07, 6.45) is 6.56. The summed E-state index contributed by atoms with van der Waals surface area (Å²) in [6.45, 7) is 4.46. The van der Waals surface area contributed by atoms with E-state index >= 15 is 0 Å². The summed E-state index contributed by atoms with van der Waals surface area (Å²) in [6, 6.07) is 10.6. The number of nitrogens with one attached hydrogen (secondary N) is 1. The molecule has 0 radical (unpaired) electrons. The molecule has 2 aliphatic rings. The molecule has 0 spiro atoms. The van der Waals surface area contributed by atoms with E-state index in [0.29, 0.717) is 17.6 Å². The molecule has 2 aromatic carbocycles. The standard InChI is InChI=1S/C23H25F2N5.H2/c1-15-8-17(16-4-6-29(7-5-16)21-2-3-21)10-20(9-15)27-23-26-14-30(28-23)22-12-18(24)11-19(25)13-22;/h8-14,16,21H,2-7H2,1H3,(H,27,28);1H. The number of anilines is 2. The maximum absolute atomic E-state index is 13.5. The lowest BCUT2D eigenvalue weighted by Gasteiger charge is -2.32. The van der Waals surface area contributed by atoms with Gasteiger partial charge in [-0.1, -0.05) is 6.07 Å². The number of halogens is 2. The van der Waals surface area contributed by atoms with E-state index in [2.05, 4.69) is 45.4 Å². The van der Waals surface area contributed by atoms with Gasteiger partial charge in [-0.3, -0.25) is 0 Å². The summed E-state index contributed by atoms with van der Waals surface area (Å²) in [4.78, 5) is 6.88. The Balaban J connectivity index is 0.00000231. The van der Waals surface area contributed by atoms with Crippen LogP contribution in [0.1, 0.15) is 44.2 Å². The molecule has 0 atom stereocenters. The molecule has 5 rings (SSSR count). The summed E-state index contributed by atoms with van der Waals surface area (Å²) >= 11 is 0. The highest BCUT2D eigenvalue weighted by molar-refractivity contribution is 5.56. The van der Waals surface area contributed by atoms with Crippen LogP contribution in [-0.4, -0.2) is 38.8 Å². The minimum Gasteiger partial charge on any atom is -0.323 e. The second-order valence-electron chi connectivity index (χ2n) is 8.44. The number of likely N-dealkylation sites (tertiary alicyclic amines) is 1. The van der Waals surface area contributed by atoms with Gasteiger partial charge in [0, 0.05) is 19.2 Å². The molecule has 0 bridgehead atoms. The van der Waals surface area contributed by atoms with Gasteiger partial charge < -0.3 is 10.2 Å². The summed E-state index contributed by atoms with van der Waals surface area (Å²) in [5.74, 6) is -0.335. The number of aromatic nitrogens is 3. The number of benzene rings is 2. The lowest BCUT2D eigenvalue weighted by molar-refractivity contribution is 0.203. The van der Waals surface area contributed by atoms with Gasteiger partial charge in [-0.05, 0) is 87.0 Å². The highest BCUT2D eigenvalue weighted by Crippen LogP contribution is 2.35. The lowest BCUT2D eigenvalue weighted by atomic mass is 9.88. The van der Waals surface area contributed by atoms with Crippen molar-refractivity contribution in [3.8, 4) is 5.69 Å². The summed E-state index contributed by atoms with van der Waals surface area (Å²) in [5, 5.41) is 7.56. The number of rotatable bonds is 5. The molecule has 1 aliphatic heterocycles. The Morgan fingerprint density at radius 2 is 1.70 bits per heavy atom. The van der Waals surface area contributed by atoms with Gasteiger partial charge in [-0.15, -0.1) is 5.10 Å². The fraction of sp³-hybridized carbons (Fsp3) is 0.391. The minimum atomic E-state index is -0.647. The molecular formula is C23H27F2N5. The van der Waals surface area contributed by atoms with Crippen LogP contribution in [0.5, 0.6) is 0 Å². The molecule has 3 aromatic rings. The second-order valence-corrected chi connectivity index (χ2v) is 8.44. The monoisotopic (exact) mass is 411 g/mol. The fourth-order valence-electron chi connectivity index (χ4n) is 4.40. The topological polar surface area (TPSA) is 46.0 Å². The fourth-order valence-corrected chi connectivity index (χ4v) is 4.40. The molecule has 5 nitrogen and oxygen atoms in total. The molecule has 30 heavy (non-hydrogen) atoms. The van der Waals surface area contributed by atoms with Crippen LogP contribution in [-0.2, 0) is 0 Å².